The van der Waals surface area contributed by atoms with Crippen LogP contribution >= 0.6 is 11.3 Å². The first-order chi connectivity index (χ1) is 14.6. The van der Waals surface area contributed by atoms with E-state index in [0.717, 1.165) is 5.76 Å². The molecule has 0 aliphatic carbocycles. The number of para-hydroxylation sites is 1. The molecule has 8 nitrogen and oxygen atoms in total. The maximum absolute atomic E-state index is 12.9. The smallest absolute Gasteiger partial charge is 0.269 e. The number of thiazole rings is 1. The number of rotatable bonds is 7. The first-order valence-corrected chi connectivity index (χ1v) is 9.80. The van der Waals surface area contributed by atoms with E-state index in [1.54, 1.807) is 36.6 Å². The van der Waals surface area contributed by atoms with Crippen molar-refractivity contribution in [2.75, 3.05) is 10.6 Å². The third kappa shape index (κ3) is 4.36. The van der Waals surface area contributed by atoms with E-state index in [1.165, 1.54) is 23.5 Å². The molecule has 0 saturated heterocycles. The highest BCUT2D eigenvalue weighted by molar-refractivity contribution is 7.18. The fourth-order valence-electron chi connectivity index (χ4n) is 2.77. The number of aromatic nitrogens is 1. The van der Waals surface area contributed by atoms with Crippen LogP contribution in [0.5, 0.6) is 0 Å². The summed E-state index contributed by atoms with van der Waals surface area (Å²) in [6, 6.07) is 18.7. The Bertz CT molecular complexity index is 1160. The molecule has 0 unspecified atom stereocenters. The van der Waals surface area contributed by atoms with E-state index in [1.807, 2.05) is 24.3 Å². The van der Waals surface area contributed by atoms with Gasteiger partial charge in [-0.2, -0.15) is 0 Å². The Kier molecular flexibility index (Phi) is 5.53. The molecule has 9 heteroatoms. The summed E-state index contributed by atoms with van der Waals surface area (Å²) < 4.78 is 5.31. The van der Waals surface area contributed by atoms with Crippen molar-refractivity contribution in [1.29, 1.82) is 0 Å². The Morgan fingerprint density at radius 1 is 1.07 bits per heavy atom. The zero-order valence-electron chi connectivity index (χ0n) is 15.6. The Morgan fingerprint density at radius 2 is 1.83 bits per heavy atom. The normalized spacial score (nSPS) is 10.5. The van der Waals surface area contributed by atoms with Gasteiger partial charge < -0.3 is 15.1 Å². The van der Waals surface area contributed by atoms with Crippen LogP contribution in [-0.4, -0.2) is 15.8 Å². The summed E-state index contributed by atoms with van der Waals surface area (Å²) in [7, 11) is 0. The summed E-state index contributed by atoms with van der Waals surface area (Å²) in [6.45, 7) is 0.417. The second kappa shape index (κ2) is 8.58. The number of amides is 1. The van der Waals surface area contributed by atoms with Crippen molar-refractivity contribution in [1.82, 2.24) is 4.98 Å². The minimum Gasteiger partial charge on any atom is -0.467 e. The molecule has 4 rings (SSSR count). The Morgan fingerprint density at radius 3 is 2.50 bits per heavy atom. The molecule has 0 radical (unpaired) electrons. The lowest BCUT2D eigenvalue weighted by molar-refractivity contribution is -0.384. The zero-order valence-corrected chi connectivity index (χ0v) is 16.4. The minimum atomic E-state index is -0.468. The number of benzene rings is 2. The Labute approximate surface area is 175 Å². The van der Waals surface area contributed by atoms with Gasteiger partial charge in [-0.25, -0.2) is 4.98 Å². The average Bonchev–Trinajstić information content (AvgIpc) is 3.43. The molecule has 2 aromatic carbocycles. The molecule has 2 aromatic heterocycles. The molecule has 0 bridgehead atoms. The van der Waals surface area contributed by atoms with Gasteiger partial charge in [0, 0.05) is 23.4 Å². The summed E-state index contributed by atoms with van der Waals surface area (Å²) in [5, 5.41) is 17.5. The SMILES string of the molecule is O=C(Nc1ccccc1)c1sc(NCc2ccco2)nc1-c1ccc([N+](=O)[O-])cc1. The summed E-state index contributed by atoms with van der Waals surface area (Å²) >= 11 is 1.20. The molecule has 2 heterocycles. The number of hydrogen-bond donors (Lipinski definition) is 2. The van der Waals surface area contributed by atoms with Gasteiger partial charge in [0.05, 0.1) is 23.4 Å². The summed E-state index contributed by atoms with van der Waals surface area (Å²) in [5.74, 6) is 0.426. The van der Waals surface area contributed by atoms with Crippen molar-refractivity contribution in [3.05, 3.63) is 93.7 Å². The molecule has 2 N–H and O–H groups in total. The topological polar surface area (TPSA) is 110 Å². The molecular weight excluding hydrogens is 404 g/mol. The molecule has 0 aliphatic heterocycles. The Hall–Kier alpha value is -3.98. The van der Waals surface area contributed by atoms with Crippen molar-refractivity contribution < 1.29 is 14.1 Å². The quantitative estimate of drug-likeness (QED) is 0.315. The third-order valence-corrected chi connectivity index (χ3v) is 5.22. The van der Waals surface area contributed by atoms with Gasteiger partial charge in [0.15, 0.2) is 5.13 Å². The summed E-state index contributed by atoms with van der Waals surface area (Å²) in [6.07, 6.45) is 1.58. The number of anilines is 2. The van der Waals surface area contributed by atoms with Gasteiger partial charge in [0.1, 0.15) is 10.6 Å². The lowest BCUT2D eigenvalue weighted by Crippen LogP contribution is -2.11. The third-order valence-electron chi connectivity index (χ3n) is 4.21. The van der Waals surface area contributed by atoms with E-state index in [9.17, 15) is 14.9 Å². The lowest BCUT2D eigenvalue weighted by Gasteiger charge is -2.05. The van der Waals surface area contributed by atoms with Crippen LogP contribution in [0, 0.1) is 10.1 Å². The first-order valence-electron chi connectivity index (χ1n) is 8.98. The maximum atomic E-state index is 12.9. The highest BCUT2D eigenvalue weighted by atomic mass is 32.1. The fraction of sp³-hybridized carbons (Fsp3) is 0.0476. The minimum absolute atomic E-state index is 0.0274. The molecule has 0 aliphatic rings. The van der Waals surface area contributed by atoms with E-state index in [2.05, 4.69) is 15.6 Å². The van der Waals surface area contributed by atoms with E-state index in [-0.39, 0.29) is 11.6 Å². The molecule has 0 saturated carbocycles. The number of carbonyl (C=O) groups excluding carboxylic acids is 1. The van der Waals surface area contributed by atoms with E-state index >= 15 is 0 Å². The molecule has 30 heavy (non-hydrogen) atoms. The largest absolute Gasteiger partial charge is 0.467 e. The molecular formula is C21H16N4O4S. The van der Waals surface area contributed by atoms with Gasteiger partial charge in [-0.05, 0) is 36.4 Å². The molecule has 0 spiro atoms. The highest BCUT2D eigenvalue weighted by Gasteiger charge is 2.20. The predicted octanol–water partition coefficient (Wildman–Crippen LogP) is 5.18. The predicted molar refractivity (Wildman–Crippen MR) is 115 cm³/mol. The number of non-ortho nitro benzene ring substituents is 1. The van der Waals surface area contributed by atoms with Gasteiger partial charge in [-0.15, -0.1) is 0 Å². The van der Waals surface area contributed by atoms with Crippen molar-refractivity contribution in [2.45, 2.75) is 6.54 Å². The van der Waals surface area contributed by atoms with Crippen molar-refractivity contribution in [2.24, 2.45) is 0 Å². The standard InChI is InChI=1S/C21H16N4O4S/c26-20(23-15-5-2-1-3-6-15)19-18(14-8-10-16(11-9-14)25(27)28)24-21(30-19)22-13-17-7-4-12-29-17/h1-12H,13H2,(H,22,24)(H,23,26). The number of nitrogens with one attached hydrogen (secondary N) is 2. The van der Waals surface area contributed by atoms with Crippen molar-refractivity contribution in [3.8, 4) is 11.3 Å². The van der Waals surface area contributed by atoms with Gasteiger partial charge >= 0.3 is 0 Å². The van der Waals surface area contributed by atoms with Crippen LogP contribution < -0.4 is 10.6 Å². The van der Waals surface area contributed by atoms with Crippen LogP contribution in [0.2, 0.25) is 0 Å². The number of nitro benzene ring substituents is 1. The second-order valence-corrected chi connectivity index (χ2v) is 7.25. The van der Waals surface area contributed by atoms with Crippen molar-refractivity contribution >= 4 is 33.8 Å². The fourth-order valence-corrected chi connectivity index (χ4v) is 3.65. The summed E-state index contributed by atoms with van der Waals surface area (Å²) in [4.78, 5) is 28.4. The van der Waals surface area contributed by atoms with Gasteiger partial charge in [0.2, 0.25) is 0 Å². The maximum Gasteiger partial charge on any atom is 0.269 e. The molecule has 1 amide bonds. The van der Waals surface area contributed by atoms with Crippen LogP contribution in [0.15, 0.2) is 77.4 Å². The van der Waals surface area contributed by atoms with Crippen LogP contribution in [-0.2, 0) is 6.54 Å². The van der Waals surface area contributed by atoms with Crippen LogP contribution in [0.1, 0.15) is 15.4 Å². The van der Waals surface area contributed by atoms with Crippen LogP contribution in [0.4, 0.5) is 16.5 Å². The van der Waals surface area contributed by atoms with E-state index in [0.29, 0.717) is 33.5 Å². The molecule has 150 valence electrons. The van der Waals surface area contributed by atoms with Gasteiger partial charge in [-0.3, -0.25) is 14.9 Å². The number of nitrogens with zero attached hydrogens (tertiary/aromatic N) is 2. The number of furan rings is 1. The Balaban J connectivity index is 1.64. The van der Waals surface area contributed by atoms with Crippen molar-refractivity contribution in [3.63, 3.8) is 0 Å². The monoisotopic (exact) mass is 420 g/mol. The second-order valence-electron chi connectivity index (χ2n) is 6.25. The summed E-state index contributed by atoms with van der Waals surface area (Å²) in [5.41, 5.74) is 1.70. The number of nitro groups is 1. The van der Waals surface area contributed by atoms with Crippen LogP contribution in [0.25, 0.3) is 11.3 Å². The number of hydrogen-bond acceptors (Lipinski definition) is 7. The van der Waals surface area contributed by atoms with E-state index < -0.39 is 4.92 Å². The highest BCUT2D eigenvalue weighted by Crippen LogP contribution is 2.33. The first kappa shape index (κ1) is 19.3. The molecule has 0 atom stereocenters. The zero-order chi connectivity index (χ0) is 20.9. The van der Waals surface area contributed by atoms with E-state index in [4.69, 9.17) is 4.42 Å². The van der Waals surface area contributed by atoms with Gasteiger partial charge in [0.25, 0.3) is 11.6 Å². The number of carbonyl (C=O) groups is 1. The molecule has 4 aromatic rings. The van der Waals surface area contributed by atoms with Gasteiger partial charge in [-0.1, -0.05) is 29.5 Å². The molecule has 0 fully saturated rings. The average molecular weight is 420 g/mol. The lowest BCUT2D eigenvalue weighted by atomic mass is 10.1. The van der Waals surface area contributed by atoms with Crippen LogP contribution in [0.3, 0.4) is 0 Å².